The van der Waals surface area contributed by atoms with Gasteiger partial charge in [-0.1, -0.05) is 24.3 Å². The Morgan fingerprint density at radius 3 is 3.00 bits per heavy atom. The molecule has 3 nitrogen and oxygen atoms in total. The van der Waals surface area contributed by atoms with E-state index in [1.54, 1.807) is 0 Å². The van der Waals surface area contributed by atoms with Crippen molar-refractivity contribution >= 4 is 11.7 Å². The van der Waals surface area contributed by atoms with Gasteiger partial charge in [0.2, 0.25) is 0 Å². The number of rotatable bonds is 1. The Hall–Kier alpha value is -1.77. The SMILES string of the molecule is O=C(O)C=C1NCCc2ccccc21. The Labute approximate surface area is 82.1 Å². The molecule has 1 heterocycles. The van der Waals surface area contributed by atoms with Gasteiger partial charge in [0.25, 0.3) is 0 Å². The molecule has 0 amide bonds. The van der Waals surface area contributed by atoms with Crippen LogP contribution in [0, 0.1) is 0 Å². The molecule has 14 heavy (non-hydrogen) atoms. The van der Waals surface area contributed by atoms with Gasteiger partial charge in [0.05, 0.1) is 0 Å². The van der Waals surface area contributed by atoms with E-state index in [0.717, 1.165) is 18.5 Å². The van der Waals surface area contributed by atoms with Crippen LogP contribution >= 0.6 is 0 Å². The summed E-state index contributed by atoms with van der Waals surface area (Å²) in [5, 5.41) is 11.8. The highest BCUT2D eigenvalue weighted by Gasteiger charge is 2.12. The highest BCUT2D eigenvalue weighted by Crippen LogP contribution is 2.21. The summed E-state index contributed by atoms with van der Waals surface area (Å²) in [5.74, 6) is -0.913. The molecular weight excluding hydrogens is 178 g/mol. The molecule has 0 saturated carbocycles. The number of fused-ring (bicyclic) bond motifs is 1. The van der Waals surface area contributed by atoms with Crippen LogP contribution in [0.2, 0.25) is 0 Å². The maximum Gasteiger partial charge on any atom is 0.330 e. The first-order valence-electron chi connectivity index (χ1n) is 4.54. The molecule has 1 aromatic carbocycles. The van der Waals surface area contributed by atoms with Gasteiger partial charge in [-0.3, -0.25) is 0 Å². The predicted octanol–water partition coefficient (Wildman–Crippen LogP) is 1.26. The minimum Gasteiger partial charge on any atom is -0.478 e. The topological polar surface area (TPSA) is 49.3 Å². The summed E-state index contributed by atoms with van der Waals surface area (Å²) in [6.45, 7) is 0.802. The molecule has 3 heteroatoms. The third kappa shape index (κ3) is 1.62. The molecule has 2 rings (SSSR count). The summed E-state index contributed by atoms with van der Waals surface area (Å²) < 4.78 is 0. The number of hydrogen-bond donors (Lipinski definition) is 2. The van der Waals surface area contributed by atoms with Crippen LogP contribution in [0.4, 0.5) is 0 Å². The Morgan fingerprint density at radius 2 is 2.21 bits per heavy atom. The molecule has 0 saturated heterocycles. The molecule has 1 aliphatic heterocycles. The standard InChI is InChI=1S/C11H11NO2/c13-11(14)7-10-9-4-2-1-3-8(9)5-6-12-10/h1-4,7,12H,5-6H2,(H,13,14). The monoisotopic (exact) mass is 189 g/mol. The summed E-state index contributed by atoms with van der Waals surface area (Å²) in [7, 11) is 0. The van der Waals surface area contributed by atoms with E-state index >= 15 is 0 Å². The average molecular weight is 189 g/mol. The zero-order valence-electron chi connectivity index (χ0n) is 7.66. The Balaban J connectivity index is 2.45. The van der Waals surface area contributed by atoms with Crippen LogP contribution in [-0.4, -0.2) is 17.6 Å². The van der Waals surface area contributed by atoms with Gasteiger partial charge in [-0.15, -0.1) is 0 Å². The number of carboxylic acids is 1. The molecule has 0 bridgehead atoms. The van der Waals surface area contributed by atoms with E-state index in [1.165, 1.54) is 11.6 Å². The number of benzene rings is 1. The smallest absolute Gasteiger partial charge is 0.330 e. The zero-order valence-corrected chi connectivity index (χ0v) is 7.66. The number of hydrogen-bond acceptors (Lipinski definition) is 2. The summed E-state index contributed by atoms with van der Waals surface area (Å²) >= 11 is 0. The van der Waals surface area contributed by atoms with Gasteiger partial charge < -0.3 is 10.4 Å². The van der Waals surface area contributed by atoms with E-state index < -0.39 is 5.97 Å². The van der Waals surface area contributed by atoms with Crippen molar-refractivity contribution in [2.24, 2.45) is 0 Å². The van der Waals surface area contributed by atoms with E-state index in [1.807, 2.05) is 24.3 Å². The fourth-order valence-electron chi connectivity index (χ4n) is 1.68. The van der Waals surface area contributed by atoms with Gasteiger partial charge in [0.1, 0.15) is 0 Å². The third-order valence-corrected chi connectivity index (χ3v) is 2.29. The average Bonchev–Trinajstić information content (AvgIpc) is 2.18. The molecule has 2 N–H and O–H groups in total. The lowest BCUT2D eigenvalue weighted by Gasteiger charge is -2.20. The normalized spacial score (nSPS) is 17.3. The minimum absolute atomic E-state index is 0.708. The van der Waals surface area contributed by atoms with Crippen LogP contribution in [0.5, 0.6) is 0 Å². The Kier molecular flexibility index (Phi) is 2.23. The molecule has 0 aliphatic carbocycles. The Bertz CT molecular complexity index is 396. The lowest BCUT2D eigenvalue weighted by Crippen LogP contribution is -2.23. The quantitative estimate of drug-likeness (QED) is 0.654. The highest BCUT2D eigenvalue weighted by molar-refractivity contribution is 5.90. The maximum atomic E-state index is 10.6. The van der Waals surface area contributed by atoms with Crippen molar-refractivity contribution in [3.8, 4) is 0 Å². The summed E-state index contributed by atoms with van der Waals surface area (Å²) in [5.41, 5.74) is 2.92. The van der Waals surface area contributed by atoms with Crippen molar-refractivity contribution in [2.45, 2.75) is 6.42 Å². The maximum absolute atomic E-state index is 10.6. The summed E-state index contributed by atoms with van der Waals surface area (Å²) in [6.07, 6.45) is 2.17. The number of aliphatic carboxylic acids is 1. The van der Waals surface area contributed by atoms with Gasteiger partial charge in [0.15, 0.2) is 0 Å². The summed E-state index contributed by atoms with van der Waals surface area (Å²) in [4.78, 5) is 10.6. The van der Waals surface area contributed by atoms with Crippen molar-refractivity contribution < 1.29 is 9.90 Å². The van der Waals surface area contributed by atoms with Crippen LogP contribution < -0.4 is 5.32 Å². The molecule has 0 spiro atoms. The lowest BCUT2D eigenvalue weighted by atomic mass is 9.98. The van der Waals surface area contributed by atoms with Gasteiger partial charge >= 0.3 is 5.97 Å². The minimum atomic E-state index is -0.913. The van der Waals surface area contributed by atoms with Crippen molar-refractivity contribution in [3.05, 3.63) is 41.5 Å². The first-order valence-corrected chi connectivity index (χ1v) is 4.54. The van der Waals surface area contributed by atoms with Crippen LogP contribution in [-0.2, 0) is 11.2 Å². The first-order chi connectivity index (χ1) is 6.77. The second-order valence-electron chi connectivity index (χ2n) is 3.23. The van der Waals surface area contributed by atoms with Crippen molar-refractivity contribution in [1.82, 2.24) is 5.32 Å². The van der Waals surface area contributed by atoms with Crippen LogP contribution in [0.25, 0.3) is 5.70 Å². The van der Waals surface area contributed by atoms with Gasteiger partial charge in [-0.2, -0.15) is 0 Å². The van der Waals surface area contributed by atoms with Crippen molar-refractivity contribution in [1.29, 1.82) is 0 Å². The summed E-state index contributed by atoms with van der Waals surface area (Å²) in [6, 6.07) is 7.87. The lowest BCUT2D eigenvalue weighted by molar-refractivity contribution is -0.131. The number of carbonyl (C=O) groups is 1. The van der Waals surface area contributed by atoms with E-state index in [0.29, 0.717) is 5.70 Å². The fraction of sp³-hybridized carbons (Fsp3) is 0.182. The molecule has 1 aromatic rings. The molecule has 72 valence electrons. The van der Waals surface area contributed by atoms with E-state index in [4.69, 9.17) is 5.11 Å². The van der Waals surface area contributed by atoms with Crippen LogP contribution in [0.15, 0.2) is 30.3 Å². The predicted molar refractivity (Wildman–Crippen MR) is 53.8 cm³/mol. The first kappa shape index (κ1) is 8.81. The molecule has 0 radical (unpaired) electrons. The molecular formula is C11H11NO2. The van der Waals surface area contributed by atoms with Crippen LogP contribution in [0.1, 0.15) is 11.1 Å². The zero-order chi connectivity index (χ0) is 9.97. The molecule has 0 atom stereocenters. The third-order valence-electron chi connectivity index (χ3n) is 2.29. The van der Waals surface area contributed by atoms with Gasteiger partial charge in [-0.25, -0.2) is 4.79 Å². The fourth-order valence-corrected chi connectivity index (χ4v) is 1.68. The van der Waals surface area contributed by atoms with Gasteiger partial charge in [0, 0.05) is 23.9 Å². The van der Waals surface area contributed by atoms with Crippen molar-refractivity contribution in [2.75, 3.05) is 6.54 Å². The number of carboxylic acid groups (broad SMARTS) is 1. The Morgan fingerprint density at radius 1 is 1.43 bits per heavy atom. The van der Waals surface area contributed by atoms with Gasteiger partial charge in [-0.05, 0) is 12.0 Å². The second kappa shape index (κ2) is 3.54. The van der Waals surface area contributed by atoms with E-state index in [2.05, 4.69) is 5.32 Å². The van der Waals surface area contributed by atoms with E-state index in [9.17, 15) is 4.79 Å². The molecule has 0 fully saturated rings. The molecule has 0 unspecified atom stereocenters. The number of nitrogens with one attached hydrogen (secondary N) is 1. The van der Waals surface area contributed by atoms with E-state index in [-0.39, 0.29) is 0 Å². The molecule has 1 aliphatic rings. The second-order valence-corrected chi connectivity index (χ2v) is 3.23. The largest absolute Gasteiger partial charge is 0.478 e. The van der Waals surface area contributed by atoms with Crippen LogP contribution in [0.3, 0.4) is 0 Å². The van der Waals surface area contributed by atoms with Crippen molar-refractivity contribution in [3.63, 3.8) is 0 Å². The molecule has 0 aromatic heterocycles. The highest BCUT2D eigenvalue weighted by atomic mass is 16.4.